The van der Waals surface area contributed by atoms with E-state index >= 15 is 0 Å². The highest BCUT2D eigenvalue weighted by Crippen LogP contribution is 2.27. The molecule has 1 amide bonds. The quantitative estimate of drug-likeness (QED) is 0.333. The molecule has 176 valence electrons. The number of aromatic nitrogens is 5. The largest absolute Gasteiger partial charge is 0.366 e. The molecule has 0 saturated heterocycles. The molecule has 1 fully saturated rings. The van der Waals surface area contributed by atoms with Crippen molar-refractivity contribution in [2.45, 2.75) is 37.8 Å². The SMILES string of the molecule is N#Cc1ccc(Nc2cc(N[C@H]3CC[C@H](N)CC3)nn3c(C(=O)Nc4ccncn4)cnc23)cc1. The van der Waals surface area contributed by atoms with Gasteiger partial charge in [-0.25, -0.2) is 19.5 Å². The summed E-state index contributed by atoms with van der Waals surface area (Å²) in [5.74, 6) is 0.598. The Morgan fingerprint density at radius 2 is 1.89 bits per heavy atom. The monoisotopic (exact) mass is 468 g/mol. The number of carbonyl (C=O) groups excluding carboxylic acids is 1. The second-order valence-electron chi connectivity index (χ2n) is 8.44. The van der Waals surface area contributed by atoms with Crippen LogP contribution >= 0.6 is 0 Å². The maximum Gasteiger partial charge on any atom is 0.277 e. The molecule has 5 N–H and O–H groups in total. The van der Waals surface area contributed by atoms with Crippen LogP contribution in [0, 0.1) is 11.3 Å². The number of anilines is 4. The van der Waals surface area contributed by atoms with Crippen molar-refractivity contribution in [2.75, 3.05) is 16.0 Å². The topological polar surface area (TPSA) is 159 Å². The zero-order chi connectivity index (χ0) is 24.2. The molecule has 4 aromatic rings. The number of nitriles is 1. The van der Waals surface area contributed by atoms with Crippen LogP contribution in [0.15, 0.2) is 55.1 Å². The van der Waals surface area contributed by atoms with Crippen LogP contribution in [0.2, 0.25) is 0 Å². The highest BCUT2D eigenvalue weighted by atomic mass is 16.2. The lowest BCUT2D eigenvalue weighted by atomic mass is 9.92. The van der Waals surface area contributed by atoms with Gasteiger partial charge in [0.05, 0.1) is 23.5 Å². The van der Waals surface area contributed by atoms with E-state index in [1.165, 1.54) is 17.0 Å². The number of amides is 1. The molecule has 5 rings (SSSR count). The van der Waals surface area contributed by atoms with Gasteiger partial charge in [-0.05, 0) is 56.0 Å². The Labute approximate surface area is 201 Å². The van der Waals surface area contributed by atoms with Gasteiger partial charge in [0.25, 0.3) is 5.91 Å². The molecule has 3 aromatic heterocycles. The summed E-state index contributed by atoms with van der Waals surface area (Å²) in [6.45, 7) is 0. The Bertz CT molecular complexity index is 1370. The number of fused-ring (bicyclic) bond motifs is 1. The van der Waals surface area contributed by atoms with Crippen LogP contribution in [0.4, 0.5) is 23.0 Å². The molecular formula is C24H24N10O. The number of hydrogen-bond donors (Lipinski definition) is 4. The van der Waals surface area contributed by atoms with E-state index in [1.807, 2.05) is 18.2 Å². The summed E-state index contributed by atoms with van der Waals surface area (Å²) in [5.41, 5.74) is 8.82. The predicted molar refractivity (Wildman–Crippen MR) is 131 cm³/mol. The molecule has 3 heterocycles. The summed E-state index contributed by atoms with van der Waals surface area (Å²) >= 11 is 0. The van der Waals surface area contributed by atoms with E-state index in [2.05, 4.69) is 42.1 Å². The van der Waals surface area contributed by atoms with Crippen molar-refractivity contribution in [1.82, 2.24) is 24.6 Å². The Balaban J connectivity index is 1.49. The number of nitrogens with one attached hydrogen (secondary N) is 3. The number of rotatable bonds is 6. The summed E-state index contributed by atoms with van der Waals surface area (Å²) in [5, 5.41) is 23.3. The first kappa shape index (κ1) is 22.2. The Kier molecular flexibility index (Phi) is 6.19. The van der Waals surface area contributed by atoms with Gasteiger partial charge in [0.1, 0.15) is 18.0 Å². The van der Waals surface area contributed by atoms with Gasteiger partial charge in [-0.1, -0.05) is 0 Å². The third kappa shape index (κ3) is 5.02. The zero-order valence-corrected chi connectivity index (χ0v) is 18.8. The van der Waals surface area contributed by atoms with E-state index in [1.54, 1.807) is 24.4 Å². The molecule has 1 aliphatic carbocycles. The van der Waals surface area contributed by atoms with E-state index in [0.29, 0.717) is 28.5 Å². The maximum atomic E-state index is 13.0. The minimum absolute atomic E-state index is 0.239. The van der Waals surface area contributed by atoms with Gasteiger partial charge in [0.2, 0.25) is 0 Å². The smallest absolute Gasteiger partial charge is 0.277 e. The Morgan fingerprint density at radius 1 is 1.09 bits per heavy atom. The lowest BCUT2D eigenvalue weighted by Crippen LogP contribution is -2.33. The predicted octanol–water partition coefficient (Wildman–Crippen LogP) is 3.07. The highest BCUT2D eigenvalue weighted by Gasteiger charge is 2.21. The molecule has 0 aliphatic heterocycles. The molecule has 1 aliphatic rings. The zero-order valence-electron chi connectivity index (χ0n) is 18.8. The molecule has 1 aromatic carbocycles. The molecule has 0 bridgehead atoms. The molecule has 35 heavy (non-hydrogen) atoms. The van der Waals surface area contributed by atoms with Crippen molar-refractivity contribution < 1.29 is 4.79 Å². The summed E-state index contributed by atoms with van der Waals surface area (Å²) in [6.07, 6.45) is 8.19. The van der Waals surface area contributed by atoms with Crippen LogP contribution in [0.5, 0.6) is 0 Å². The summed E-state index contributed by atoms with van der Waals surface area (Å²) in [7, 11) is 0. The third-order valence-corrected chi connectivity index (χ3v) is 5.94. The summed E-state index contributed by atoms with van der Waals surface area (Å²) in [6, 6.07) is 13.2. The fourth-order valence-electron chi connectivity index (χ4n) is 4.09. The van der Waals surface area contributed by atoms with Crippen molar-refractivity contribution in [3.63, 3.8) is 0 Å². The maximum absolute atomic E-state index is 13.0. The van der Waals surface area contributed by atoms with Gasteiger partial charge in [0.15, 0.2) is 11.3 Å². The lowest BCUT2D eigenvalue weighted by Gasteiger charge is -2.27. The molecule has 1 saturated carbocycles. The minimum Gasteiger partial charge on any atom is -0.366 e. The van der Waals surface area contributed by atoms with Crippen molar-refractivity contribution in [3.8, 4) is 6.07 Å². The van der Waals surface area contributed by atoms with E-state index in [4.69, 9.17) is 11.0 Å². The van der Waals surface area contributed by atoms with Crippen LogP contribution in [0.1, 0.15) is 41.7 Å². The molecule has 11 nitrogen and oxygen atoms in total. The van der Waals surface area contributed by atoms with Crippen LogP contribution in [-0.4, -0.2) is 42.6 Å². The van der Waals surface area contributed by atoms with Crippen LogP contribution in [0.25, 0.3) is 5.65 Å². The first-order valence-corrected chi connectivity index (χ1v) is 11.3. The van der Waals surface area contributed by atoms with Gasteiger partial charge in [0, 0.05) is 30.0 Å². The lowest BCUT2D eigenvalue weighted by molar-refractivity contribution is 0.102. The number of nitrogens with two attached hydrogens (primary N) is 1. The third-order valence-electron chi connectivity index (χ3n) is 5.94. The van der Waals surface area contributed by atoms with E-state index in [9.17, 15) is 4.79 Å². The normalized spacial score (nSPS) is 17.5. The van der Waals surface area contributed by atoms with Gasteiger partial charge in [-0.2, -0.15) is 5.26 Å². The summed E-state index contributed by atoms with van der Waals surface area (Å²) in [4.78, 5) is 25.4. The summed E-state index contributed by atoms with van der Waals surface area (Å²) < 4.78 is 1.51. The van der Waals surface area contributed by atoms with Gasteiger partial charge in [-0.3, -0.25) is 4.79 Å². The van der Waals surface area contributed by atoms with Gasteiger partial charge >= 0.3 is 0 Å². The van der Waals surface area contributed by atoms with Crippen molar-refractivity contribution in [2.24, 2.45) is 5.73 Å². The van der Waals surface area contributed by atoms with E-state index in [0.717, 1.165) is 31.4 Å². The minimum atomic E-state index is -0.395. The molecule has 0 radical (unpaired) electrons. The first-order valence-electron chi connectivity index (χ1n) is 11.3. The molecule has 0 atom stereocenters. The molecule has 0 spiro atoms. The van der Waals surface area contributed by atoms with E-state index < -0.39 is 5.91 Å². The van der Waals surface area contributed by atoms with Crippen molar-refractivity contribution >= 4 is 34.6 Å². The molecule has 11 heteroatoms. The molecule has 0 unspecified atom stereocenters. The Morgan fingerprint density at radius 3 is 2.60 bits per heavy atom. The van der Waals surface area contributed by atoms with Crippen LogP contribution in [-0.2, 0) is 0 Å². The second-order valence-corrected chi connectivity index (χ2v) is 8.44. The second kappa shape index (κ2) is 9.74. The average molecular weight is 469 g/mol. The fraction of sp³-hybridized carbons (Fsp3) is 0.250. The highest BCUT2D eigenvalue weighted by molar-refractivity contribution is 6.03. The number of hydrogen-bond acceptors (Lipinski definition) is 9. The molecular weight excluding hydrogens is 444 g/mol. The van der Waals surface area contributed by atoms with Gasteiger partial charge in [-0.15, -0.1) is 5.10 Å². The fourth-order valence-corrected chi connectivity index (χ4v) is 4.09. The number of benzene rings is 1. The Hall–Kier alpha value is -4.56. The van der Waals surface area contributed by atoms with Crippen LogP contribution in [0.3, 0.4) is 0 Å². The average Bonchev–Trinajstić information content (AvgIpc) is 3.31. The number of carbonyl (C=O) groups is 1. The van der Waals surface area contributed by atoms with E-state index in [-0.39, 0.29) is 17.8 Å². The number of imidazole rings is 1. The van der Waals surface area contributed by atoms with Crippen molar-refractivity contribution in [1.29, 1.82) is 5.26 Å². The first-order chi connectivity index (χ1) is 17.1. The van der Waals surface area contributed by atoms with Crippen molar-refractivity contribution in [3.05, 3.63) is 66.4 Å². The van der Waals surface area contributed by atoms with Gasteiger partial charge < -0.3 is 21.7 Å². The standard InChI is InChI=1S/C24H24N10O/c25-12-15-1-5-17(6-2-15)30-19-11-22(31-18-7-3-16(26)4-8-18)33-34-20(13-28-23(19)34)24(35)32-21-9-10-27-14-29-21/h1-2,5-6,9-11,13-14,16,18,30H,3-4,7-8,26H2,(H,31,33)(H,27,29,32,35)/t16-,18-. The number of nitrogens with zero attached hydrogens (tertiary/aromatic N) is 6. The van der Waals surface area contributed by atoms with Crippen LogP contribution < -0.4 is 21.7 Å².